The van der Waals surface area contributed by atoms with Gasteiger partial charge in [-0.05, 0) is 5.41 Å². The molecule has 0 saturated carbocycles. The first-order valence-electron chi connectivity index (χ1n) is 3.70. The molecule has 0 heterocycles. The summed E-state index contributed by atoms with van der Waals surface area (Å²) in [5.74, 6) is -1.06. The number of carbonyl (C=O) groups excluding carboxylic acids is 1. The number of carboxylic acid groups (broad SMARTS) is 1. The number of hydrogen-bond donors (Lipinski definition) is 2. The Hall–Kier alpha value is -0.900. The summed E-state index contributed by atoms with van der Waals surface area (Å²) in [6.45, 7) is 5.22. The van der Waals surface area contributed by atoms with Crippen LogP contribution in [0.25, 0.3) is 0 Å². The molecule has 0 aromatic heterocycles. The number of carboxylic acids is 1. The molecule has 4 nitrogen and oxygen atoms in total. The highest BCUT2D eigenvalue weighted by Crippen LogP contribution is 2.29. The van der Waals surface area contributed by atoms with Crippen molar-refractivity contribution in [3.63, 3.8) is 0 Å². The van der Waals surface area contributed by atoms with Crippen molar-refractivity contribution in [1.29, 1.82) is 0 Å². The molecule has 0 unspecified atom stereocenters. The summed E-state index contributed by atoms with van der Waals surface area (Å²) < 4.78 is 0. The van der Waals surface area contributed by atoms with Crippen LogP contribution in [-0.4, -0.2) is 22.9 Å². The molecule has 3 N–H and O–H groups in total. The van der Waals surface area contributed by atoms with Gasteiger partial charge in [0.1, 0.15) is 6.29 Å². The molecule has 0 saturated heterocycles. The molecule has 0 aliphatic carbocycles. The van der Waals surface area contributed by atoms with Gasteiger partial charge in [-0.15, -0.1) is 0 Å². The molecule has 0 aliphatic heterocycles. The quantitative estimate of drug-likeness (QED) is 0.605. The summed E-state index contributed by atoms with van der Waals surface area (Å²) in [5, 5.41) is 8.50. The third-order valence-corrected chi connectivity index (χ3v) is 2.05. The molecule has 0 aliphatic rings. The molecule has 0 fully saturated rings. The summed E-state index contributed by atoms with van der Waals surface area (Å²) >= 11 is 0. The monoisotopic (exact) mass is 173 g/mol. The lowest BCUT2D eigenvalue weighted by atomic mass is 9.73. The fourth-order valence-corrected chi connectivity index (χ4v) is 0.734. The second-order valence-corrected chi connectivity index (χ2v) is 3.98. The van der Waals surface area contributed by atoms with Crippen LogP contribution in [-0.2, 0) is 9.59 Å². The van der Waals surface area contributed by atoms with E-state index in [9.17, 15) is 9.59 Å². The minimum absolute atomic E-state index is 0.333. The van der Waals surface area contributed by atoms with Gasteiger partial charge >= 0.3 is 5.97 Å². The molecule has 0 amide bonds. The van der Waals surface area contributed by atoms with Crippen molar-refractivity contribution in [1.82, 2.24) is 0 Å². The van der Waals surface area contributed by atoms with Crippen molar-refractivity contribution in [3.05, 3.63) is 0 Å². The van der Waals surface area contributed by atoms with Crippen molar-refractivity contribution in [3.8, 4) is 0 Å². The van der Waals surface area contributed by atoms with Gasteiger partial charge in [0.2, 0.25) is 0 Å². The molecule has 12 heavy (non-hydrogen) atoms. The highest BCUT2D eigenvalue weighted by Gasteiger charge is 2.39. The standard InChI is InChI=1S/C8H15NO3/c1-7(2,3)8(9,5-10)4-6(11)12/h5H,4,9H2,1-3H3,(H,11,12)/t8-/m0/s1. The zero-order chi connectivity index (χ0) is 9.99. The minimum atomic E-state index is -1.28. The van der Waals surface area contributed by atoms with E-state index in [4.69, 9.17) is 10.8 Å². The fraction of sp³-hybridized carbons (Fsp3) is 0.750. The number of carbonyl (C=O) groups is 2. The average Bonchev–Trinajstić information content (AvgIpc) is 1.83. The molecule has 1 atom stereocenters. The summed E-state index contributed by atoms with van der Waals surface area (Å²) in [7, 11) is 0. The van der Waals surface area contributed by atoms with Crippen LogP contribution in [0.4, 0.5) is 0 Å². The number of aldehydes is 1. The van der Waals surface area contributed by atoms with Crippen LogP contribution in [0.2, 0.25) is 0 Å². The van der Waals surface area contributed by atoms with Gasteiger partial charge in [0, 0.05) is 0 Å². The van der Waals surface area contributed by atoms with E-state index in [1.807, 2.05) is 0 Å². The van der Waals surface area contributed by atoms with Gasteiger partial charge in [-0.3, -0.25) is 4.79 Å². The van der Waals surface area contributed by atoms with Gasteiger partial charge in [0.05, 0.1) is 12.0 Å². The SMILES string of the molecule is CC(C)(C)[C@@](N)(C=O)CC(=O)O. The number of nitrogens with two attached hydrogens (primary N) is 1. The second-order valence-electron chi connectivity index (χ2n) is 3.98. The van der Waals surface area contributed by atoms with E-state index in [0.717, 1.165) is 0 Å². The first kappa shape index (κ1) is 11.1. The van der Waals surface area contributed by atoms with Crippen molar-refractivity contribution in [2.45, 2.75) is 32.7 Å². The van der Waals surface area contributed by atoms with Gasteiger partial charge in [-0.25, -0.2) is 0 Å². The Bertz CT molecular complexity index is 195. The fourth-order valence-electron chi connectivity index (χ4n) is 0.734. The first-order chi connectivity index (χ1) is 5.23. The van der Waals surface area contributed by atoms with Gasteiger partial charge in [0.15, 0.2) is 0 Å². The molecule has 4 heteroatoms. The van der Waals surface area contributed by atoms with E-state index in [-0.39, 0.29) is 6.42 Å². The van der Waals surface area contributed by atoms with Crippen LogP contribution in [0, 0.1) is 5.41 Å². The smallest absolute Gasteiger partial charge is 0.305 e. The van der Waals surface area contributed by atoms with E-state index in [1.165, 1.54) is 0 Å². The van der Waals surface area contributed by atoms with E-state index in [2.05, 4.69) is 0 Å². The highest BCUT2D eigenvalue weighted by atomic mass is 16.4. The van der Waals surface area contributed by atoms with Crippen LogP contribution in [0.15, 0.2) is 0 Å². The van der Waals surface area contributed by atoms with Crippen LogP contribution in [0.3, 0.4) is 0 Å². The Morgan fingerprint density at radius 1 is 1.50 bits per heavy atom. The number of rotatable bonds is 3. The Morgan fingerprint density at radius 2 is 1.92 bits per heavy atom. The Labute approximate surface area is 71.8 Å². The molecule has 0 bridgehead atoms. The summed E-state index contributed by atoms with van der Waals surface area (Å²) in [6, 6.07) is 0. The van der Waals surface area contributed by atoms with Crippen molar-refractivity contribution in [2.24, 2.45) is 11.1 Å². The number of aliphatic carboxylic acids is 1. The van der Waals surface area contributed by atoms with Crippen LogP contribution >= 0.6 is 0 Å². The van der Waals surface area contributed by atoms with E-state index < -0.39 is 16.9 Å². The van der Waals surface area contributed by atoms with Crippen molar-refractivity contribution >= 4 is 12.3 Å². The molecular formula is C8H15NO3. The molecule has 0 rings (SSSR count). The Morgan fingerprint density at radius 3 is 2.00 bits per heavy atom. The second kappa shape index (κ2) is 3.23. The van der Waals surface area contributed by atoms with Gasteiger partial charge in [-0.1, -0.05) is 20.8 Å². The predicted octanol–water partition coefficient (Wildman–Crippen LogP) is 0.404. The molecule has 70 valence electrons. The predicted molar refractivity (Wildman–Crippen MR) is 44.7 cm³/mol. The normalized spacial score (nSPS) is 16.7. The molecule has 0 spiro atoms. The summed E-state index contributed by atoms with van der Waals surface area (Å²) in [4.78, 5) is 21.0. The lowest BCUT2D eigenvalue weighted by Gasteiger charge is -2.35. The van der Waals surface area contributed by atoms with Crippen LogP contribution in [0.1, 0.15) is 27.2 Å². The molecular weight excluding hydrogens is 158 g/mol. The van der Waals surface area contributed by atoms with Gasteiger partial charge in [-0.2, -0.15) is 0 Å². The topological polar surface area (TPSA) is 80.4 Å². The molecule has 0 radical (unpaired) electrons. The maximum Gasteiger partial charge on any atom is 0.305 e. The Kier molecular flexibility index (Phi) is 2.98. The van der Waals surface area contributed by atoms with Crippen molar-refractivity contribution in [2.75, 3.05) is 0 Å². The van der Waals surface area contributed by atoms with Gasteiger partial charge in [0.25, 0.3) is 0 Å². The average molecular weight is 173 g/mol. The lowest BCUT2D eigenvalue weighted by molar-refractivity contribution is -0.141. The van der Waals surface area contributed by atoms with Crippen molar-refractivity contribution < 1.29 is 14.7 Å². The van der Waals surface area contributed by atoms with Crippen LogP contribution < -0.4 is 5.73 Å². The first-order valence-corrected chi connectivity index (χ1v) is 3.70. The highest BCUT2D eigenvalue weighted by molar-refractivity contribution is 5.77. The maximum absolute atomic E-state index is 10.6. The zero-order valence-corrected chi connectivity index (χ0v) is 7.63. The summed E-state index contributed by atoms with van der Waals surface area (Å²) in [6.07, 6.45) is 0.182. The zero-order valence-electron chi connectivity index (χ0n) is 7.63. The van der Waals surface area contributed by atoms with E-state index in [0.29, 0.717) is 6.29 Å². The minimum Gasteiger partial charge on any atom is -0.481 e. The van der Waals surface area contributed by atoms with Gasteiger partial charge < -0.3 is 15.6 Å². The van der Waals surface area contributed by atoms with E-state index >= 15 is 0 Å². The Balaban J connectivity index is 4.68. The maximum atomic E-state index is 10.6. The largest absolute Gasteiger partial charge is 0.481 e. The summed E-state index contributed by atoms with van der Waals surface area (Å²) in [5.41, 5.74) is 3.81. The third-order valence-electron chi connectivity index (χ3n) is 2.05. The molecule has 0 aromatic carbocycles. The third kappa shape index (κ3) is 2.30. The lowest BCUT2D eigenvalue weighted by Crippen LogP contribution is -2.54. The molecule has 0 aromatic rings. The van der Waals surface area contributed by atoms with Crippen LogP contribution in [0.5, 0.6) is 0 Å². The van der Waals surface area contributed by atoms with E-state index in [1.54, 1.807) is 20.8 Å². The number of hydrogen-bond acceptors (Lipinski definition) is 3.